The quantitative estimate of drug-likeness (QED) is 0.255. The summed E-state index contributed by atoms with van der Waals surface area (Å²) in [5.41, 5.74) is 3.46. The van der Waals surface area contributed by atoms with Crippen molar-refractivity contribution in [2.75, 3.05) is 0 Å². The molecule has 0 aliphatic heterocycles. The van der Waals surface area contributed by atoms with Gasteiger partial charge in [-0.2, -0.15) is 0 Å². The van der Waals surface area contributed by atoms with Gasteiger partial charge >= 0.3 is 0 Å². The van der Waals surface area contributed by atoms with Crippen LogP contribution in [0.4, 0.5) is 0 Å². The van der Waals surface area contributed by atoms with Gasteiger partial charge in [0.05, 0.1) is 0 Å². The topological polar surface area (TPSA) is 38.0 Å². The summed E-state index contributed by atoms with van der Waals surface area (Å²) in [6, 6.07) is 0. The van der Waals surface area contributed by atoms with Gasteiger partial charge in [-0.05, 0) is 12.0 Å². The molecule has 0 bridgehead atoms. The molecule has 0 spiro atoms. The second-order valence-electron chi connectivity index (χ2n) is 1.58. The third kappa shape index (κ3) is 3.55. The highest BCUT2D eigenvalue weighted by atomic mass is 15.2. The monoisotopic (exact) mass is 124 g/mol. The van der Waals surface area contributed by atoms with E-state index in [0.29, 0.717) is 0 Å². The summed E-state index contributed by atoms with van der Waals surface area (Å²) >= 11 is 0. The van der Waals surface area contributed by atoms with Crippen molar-refractivity contribution in [1.29, 1.82) is 0 Å². The fourth-order valence-electron chi connectivity index (χ4n) is 0.475. The minimum absolute atomic E-state index is 0.799. The lowest BCUT2D eigenvalue weighted by atomic mass is 10.2. The zero-order valence-electron chi connectivity index (χ0n) is 5.43. The fourth-order valence-corrected chi connectivity index (χ4v) is 0.475. The van der Waals surface area contributed by atoms with Crippen LogP contribution < -0.4 is 11.3 Å². The summed E-state index contributed by atoms with van der Waals surface area (Å²) < 4.78 is 0. The largest absolute Gasteiger partial charge is 0.331 e. The van der Waals surface area contributed by atoms with Crippen molar-refractivity contribution in [3.8, 4) is 0 Å². The van der Waals surface area contributed by atoms with Crippen molar-refractivity contribution < 1.29 is 0 Å². The first-order valence-corrected chi connectivity index (χ1v) is 2.73. The van der Waals surface area contributed by atoms with E-state index < -0.39 is 0 Å². The number of allylic oxidation sites excluding steroid dienone is 3. The zero-order valence-corrected chi connectivity index (χ0v) is 5.43. The van der Waals surface area contributed by atoms with Crippen LogP contribution >= 0.6 is 0 Å². The molecule has 0 heterocycles. The Morgan fingerprint density at radius 3 is 2.56 bits per heavy atom. The Hall–Kier alpha value is -1.02. The number of hydrogen-bond acceptors (Lipinski definition) is 2. The molecule has 0 saturated carbocycles. The van der Waals surface area contributed by atoms with E-state index in [1.54, 1.807) is 18.4 Å². The van der Waals surface area contributed by atoms with Gasteiger partial charge in [-0.3, -0.25) is 5.84 Å². The molecule has 2 nitrogen and oxygen atoms in total. The third-order valence-electron chi connectivity index (χ3n) is 0.911. The average molecular weight is 124 g/mol. The molecule has 0 rings (SSSR count). The fraction of sp³-hybridized carbons (Fsp3) is 0.143. The SMILES string of the molecule is C=CC/C(C=C)=C/NN. The van der Waals surface area contributed by atoms with Gasteiger partial charge < -0.3 is 5.43 Å². The van der Waals surface area contributed by atoms with Gasteiger partial charge in [0, 0.05) is 6.20 Å². The minimum atomic E-state index is 0.799. The first kappa shape index (κ1) is 7.98. The van der Waals surface area contributed by atoms with Crippen LogP contribution in [-0.4, -0.2) is 0 Å². The maximum absolute atomic E-state index is 5.03. The molecule has 3 N–H and O–H groups in total. The van der Waals surface area contributed by atoms with Crippen LogP contribution in [0.2, 0.25) is 0 Å². The first-order valence-electron chi connectivity index (χ1n) is 2.73. The Morgan fingerprint density at radius 1 is 1.56 bits per heavy atom. The molecule has 50 valence electrons. The molecule has 0 unspecified atom stereocenters. The van der Waals surface area contributed by atoms with E-state index in [4.69, 9.17) is 5.84 Å². The maximum atomic E-state index is 5.03. The Morgan fingerprint density at radius 2 is 2.22 bits per heavy atom. The van der Waals surface area contributed by atoms with Gasteiger partial charge in [-0.15, -0.1) is 6.58 Å². The molecular weight excluding hydrogens is 112 g/mol. The molecule has 0 aromatic rings. The van der Waals surface area contributed by atoms with E-state index >= 15 is 0 Å². The lowest BCUT2D eigenvalue weighted by Crippen LogP contribution is -2.13. The zero-order chi connectivity index (χ0) is 7.11. The maximum Gasteiger partial charge on any atom is 0.0158 e. The summed E-state index contributed by atoms with van der Waals surface area (Å²) in [7, 11) is 0. The molecule has 0 aliphatic carbocycles. The van der Waals surface area contributed by atoms with E-state index in [1.807, 2.05) is 0 Å². The minimum Gasteiger partial charge on any atom is -0.331 e. The van der Waals surface area contributed by atoms with Gasteiger partial charge in [0.15, 0.2) is 0 Å². The number of rotatable bonds is 4. The normalized spacial score (nSPS) is 10.6. The van der Waals surface area contributed by atoms with Crippen LogP contribution in [0.25, 0.3) is 0 Å². The van der Waals surface area contributed by atoms with Crippen LogP contribution in [0.5, 0.6) is 0 Å². The van der Waals surface area contributed by atoms with Gasteiger partial charge in [0.2, 0.25) is 0 Å². The van der Waals surface area contributed by atoms with Crippen LogP contribution in [-0.2, 0) is 0 Å². The highest BCUT2D eigenvalue weighted by Gasteiger charge is 1.82. The van der Waals surface area contributed by atoms with Crippen molar-refractivity contribution in [3.63, 3.8) is 0 Å². The predicted octanol–water partition coefficient (Wildman–Crippen LogP) is 1.10. The van der Waals surface area contributed by atoms with Gasteiger partial charge in [0.25, 0.3) is 0 Å². The summed E-state index contributed by atoms with van der Waals surface area (Å²) in [6.45, 7) is 7.16. The van der Waals surface area contributed by atoms with Crippen molar-refractivity contribution in [1.82, 2.24) is 5.43 Å². The van der Waals surface area contributed by atoms with E-state index in [9.17, 15) is 0 Å². The number of nitrogens with one attached hydrogen (secondary N) is 1. The molecule has 0 aliphatic rings. The Bertz CT molecular complexity index is 125. The van der Waals surface area contributed by atoms with Crippen molar-refractivity contribution >= 4 is 0 Å². The van der Waals surface area contributed by atoms with Crippen molar-refractivity contribution in [3.05, 3.63) is 37.1 Å². The molecule has 0 aromatic heterocycles. The van der Waals surface area contributed by atoms with Gasteiger partial charge in [-0.1, -0.05) is 18.7 Å². The van der Waals surface area contributed by atoms with Crippen LogP contribution in [0.15, 0.2) is 37.1 Å². The van der Waals surface area contributed by atoms with Gasteiger partial charge in [-0.25, -0.2) is 0 Å². The van der Waals surface area contributed by atoms with Crippen LogP contribution in [0.3, 0.4) is 0 Å². The molecular formula is C7H12N2. The highest BCUT2D eigenvalue weighted by molar-refractivity contribution is 5.17. The summed E-state index contributed by atoms with van der Waals surface area (Å²) in [6.07, 6.45) is 6.02. The number of hydrogen-bond donors (Lipinski definition) is 2. The lowest BCUT2D eigenvalue weighted by Gasteiger charge is -1.94. The molecule has 0 atom stereocenters. The molecule has 2 heteroatoms. The Kier molecular flexibility index (Phi) is 4.54. The summed E-state index contributed by atoms with van der Waals surface area (Å²) in [4.78, 5) is 0. The van der Waals surface area contributed by atoms with E-state index in [2.05, 4.69) is 18.6 Å². The molecule has 0 radical (unpaired) electrons. The Balaban J connectivity index is 3.80. The smallest absolute Gasteiger partial charge is 0.0158 e. The second kappa shape index (κ2) is 5.12. The van der Waals surface area contributed by atoms with E-state index in [0.717, 1.165) is 12.0 Å². The number of hydrazine groups is 1. The lowest BCUT2D eigenvalue weighted by molar-refractivity contribution is 0.950. The van der Waals surface area contributed by atoms with Crippen LogP contribution in [0.1, 0.15) is 6.42 Å². The van der Waals surface area contributed by atoms with E-state index in [1.165, 1.54) is 0 Å². The number of nitrogens with two attached hydrogens (primary N) is 1. The molecule has 9 heavy (non-hydrogen) atoms. The summed E-state index contributed by atoms with van der Waals surface area (Å²) in [5.74, 6) is 5.03. The standard InChI is InChI=1S/C7H12N2/c1-3-5-7(4-2)6-9-8/h3-4,6,9H,1-2,5,8H2/b7-6+. The molecule has 0 aromatic carbocycles. The Labute approximate surface area is 55.7 Å². The van der Waals surface area contributed by atoms with Crippen molar-refractivity contribution in [2.45, 2.75) is 6.42 Å². The van der Waals surface area contributed by atoms with E-state index in [-0.39, 0.29) is 0 Å². The first-order chi connectivity index (χ1) is 4.35. The third-order valence-corrected chi connectivity index (χ3v) is 0.911. The van der Waals surface area contributed by atoms with Crippen molar-refractivity contribution in [2.24, 2.45) is 5.84 Å². The average Bonchev–Trinajstić information content (AvgIpc) is 1.88. The van der Waals surface area contributed by atoms with Gasteiger partial charge in [0.1, 0.15) is 0 Å². The molecule has 0 saturated heterocycles. The van der Waals surface area contributed by atoms with Crippen LogP contribution in [0, 0.1) is 0 Å². The highest BCUT2D eigenvalue weighted by Crippen LogP contribution is 1.99. The molecule has 0 fully saturated rings. The second-order valence-corrected chi connectivity index (χ2v) is 1.58. The summed E-state index contributed by atoms with van der Waals surface area (Å²) in [5, 5.41) is 0. The predicted molar refractivity (Wildman–Crippen MR) is 40.4 cm³/mol. The molecule has 0 amide bonds.